The predicted molar refractivity (Wildman–Crippen MR) is 137 cm³/mol. The van der Waals surface area contributed by atoms with Gasteiger partial charge in [0.15, 0.2) is 0 Å². The number of anilines is 1. The Morgan fingerprint density at radius 1 is 0.914 bits per heavy atom. The Kier molecular flexibility index (Phi) is 7.02. The van der Waals surface area contributed by atoms with E-state index in [-0.39, 0.29) is 23.0 Å². The first-order chi connectivity index (χ1) is 16.8. The highest BCUT2D eigenvalue weighted by Crippen LogP contribution is 2.45. The fourth-order valence-corrected chi connectivity index (χ4v) is 4.72. The Hall–Kier alpha value is -4.31. The lowest BCUT2D eigenvalue weighted by atomic mass is 9.83. The number of aromatic nitrogens is 4. The normalized spacial score (nSPS) is 15.9. The Morgan fingerprint density at radius 2 is 1.63 bits per heavy atom. The van der Waals surface area contributed by atoms with Crippen molar-refractivity contribution in [1.82, 2.24) is 19.7 Å². The van der Waals surface area contributed by atoms with Crippen molar-refractivity contribution in [2.24, 2.45) is 11.7 Å². The van der Waals surface area contributed by atoms with Gasteiger partial charge in [-0.3, -0.25) is 16.5 Å². The molecular weight excluding hydrogens is 442 g/mol. The summed E-state index contributed by atoms with van der Waals surface area (Å²) in [6, 6.07) is 26.4. The van der Waals surface area contributed by atoms with Crippen LogP contribution in [0.5, 0.6) is 0 Å². The number of nitrogens with zero attached hydrogens (tertiary/aromatic N) is 3. The third kappa shape index (κ3) is 4.31. The quantitative estimate of drug-likeness (QED) is 0.234. The van der Waals surface area contributed by atoms with Crippen molar-refractivity contribution < 1.29 is 5.48 Å². The van der Waals surface area contributed by atoms with E-state index in [1.54, 1.807) is 0 Å². The van der Waals surface area contributed by atoms with Crippen LogP contribution in [0.3, 0.4) is 0 Å². The SMILES string of the molecule is NN.O.O=c1[nH]nc2c3c(cccc13)NC(c1ccccc1)C2c1nccn1Cc1ccccc1. The number of hydrogen-bond acceptors (Lipinski definition) is 6. The second kappa shape index (κ2) is 10.3. The van der Waals surface area contributed by atoms with Gasteiger partial charge in [0, 0.05) is 30.0 Å². The third-order valence-electron chi connectivity index (χ3n) is 6.16. The summed E-state index contributed by atoms with van der Waals surface area (Å²) in [6.45, 7) is 0.711. The highest BCUT2D eigenvalue weighted by Gasteiger charge is 2.37. The summed E-state index contributed by atoms with van der Waals surface area (Å²) in [7, 11) is 0. The maximum Gasteiger partial charge on any atom is 0.272 e. The second-order valence-electron chi connectivity index (χ2n) is 8.08. The largest absolute Gasteiger partial charge is 0.412 e. The Labute approximate surface area is 201 Å². The van der Waals surface area contributed by atoms with Crippen molar-refractivity contribution in [2.75, 3.05) is 5.32 Å². The summed E-state index contributed by atoms with van der Waals surface area (Å²) < 4.78 is 2.17. The molecule has 0 saturated carbocycles. The van der Waals surface area contributed by atoms with Crippen molar-refractivity contribution in [3.8, 4) is 0 Å². The van der Waals surface area contributed by atoms with Crippen LogP contribution in [0, 0.1) is 0 Å². The van der Waals surface area contributed by atoms with Crippen LogP contribution in [-0.4, -0.2) is 25.2 Å². The van der Waals surface area contributed by atoms with Gasteiger partial charge in [-0.15, -0.1) is 0 Å². The Morgan fingerprint density at radius 3 is 2.37 bits per heavy atom. The van der Waals surface area contributed by atoms with Gasteiger partial charge in [0.1, 0.15) is 5.82 Å². The molecule has 2 atom stereocenters. The molecule has 5 aromatic rings. The lowest BCUT2D eigenvalue weighted by Gasteiger charge is -2.34. The zero-order chi connectivity index (χ0) is 23.5. The highest BCUT2D eigenvalue weighted by atomic mass is 16.1. The van der Waals surface area contributed by atoms with Gasteiger partial charge in [0.2, 0.25) is 0 Å². The number of imidazole rings is 1. The van der Waals surface area contributed by atoms with Crippen LogP contribution in [0.15, 0.2) is 96.1 Å². The standard InChI is InChI=1S/C26H21N5O.H4N2.H2O/c32-26-19-12-7-13-20-21(19)24(29-30-26)22(23(28-20)18-10-5-2-6-11-18)25-27-14-15-31(25)16-17-8-3-1-4-9-17;1-2;/h1-15,22-23,28H,16H2,(H,30,32);1-2H2;1H2. The van der Waals surface area contributed by atoms with E-state index in [4.69, 9.17) is 4.98 Å². The first-order valence-electron chi connectivity index (χ1n) is 11.0. The van der Waals surface area contributed by atoms with Crippen LogP contribution < -0.4 is 22.6 Å². The molecule has 2 unspecified atom stereocenters. The number of hydrogen-bond donors (Lipinski definition) is 4. The van der Waals surface area contributed by atoms with Gasteiger partial charge in [-0.05, 0) is 23.3 Å². The van der Waals surface area contributed by atoms with Crippen LogP contribution in [0.4, 0.5) is 5.69 Å². The van der Waals surface area contributed by atoms with Crippen molar-refractivity contribution in [3.63, 3.8) is 0 Å². The summed E-state index contributed by atoms with van der Waals surface area (Å²) in [6.07, 6.45) is 3.84. The summed E-state index contributed by atoms with van der Waals surface area (Å²) in [5.41, 5.74) is 3.91. The lowest BCUT2D eigenvalue weighted by Crippen LogP contribution is -2.30. The number of benzene rings is 3. The number of rotatable bonds is 4. The first-order valence-corrected chi connectivity index (χ1v) is 11.0. The van der Waals surface area contributed by atoms with E-state index in [0.29, 0.717) is 11.9 Å². The highest BCUT2D eigenvalue weighted by molar-refractivity contribution is 5.97. The van der Waals surface area contributed by atoms with Gasteiger partial charge in [-0.1, -0.05) is 66.7 Å². The van der Waals surface area contributed by atoms with Crippen LogP contribution >= 0.6 is 0 Å². The van der Waals surface area contributed by atoms with E-state index < -0.39 is 0 Å². The molecule has 0 spiro atoms. The average molecular weight is 470 g/mol. The second-order valence-corrected chi connectivity index (χ2v) is 8.08. The molecule has 9 heteroatoms. The minimum absolute atomic E-state index is 0. The molecule has 3 aromatic carbocycles. The fraction of sp³-hybridized carbons (Fsp3) is 0.115. The van der Waals surface area contributed by atoms with Crippen LogP contribution in [-0.2, 0) is 6.54 Å². The molecule has 9 nitrogen and oxygen atoms in total. The average Bonchev–Trinajstić information content (AvgIpc) is 3.35. The van der Waals surface area contributed by atoms with Crippen LogP contribution in [0.1, 0.15) is 34.6 Å². The maximum absolute atomic E-state index is 12.5. The molecule has 0 amide bonds. The van der Waals surface area contributed by atoms with Crippen molar-refractivity contribution >= 4 is 16.5 Å². The first kappa shape index (κ1) is 23.8. The minimum Gasteiger partial charge on any atom is -0.412 e. The molecule has 8 N–H and O–H groups in total. The number of nitrogens with two attached hydrogens (primary N) is 2. The Balaban J connectivity index is 0.000000940. The van der Waals surface area contributed by atoms with Crippen LogP contribution in [0.25, 0.3) is 10.8 Å². The van der Waals surface area contributed by atoms with Crippen LogP contribution in [0.2, 0.25) is 0 Å². The van der Waals surface area contributed by atoms with Gasteiger partial charge in [0.25, 0.3) is 5.56 Å². The van der Waals surface area contributed by atoms with Crippen molar-refractivity contribution in [3.05, 3.63) is 124 Å². The number of H-pyrrole nitrogens is 1. The molecule has 3 heterocycles. The zero-order valence-electron chi connectivity index (χ0n) is 18.9. The molecule has 0 saturated heterocycles. The molecule has 1 aliphatic rings. The van der Waals surface area contributed by atoms with Gasteiger partial charge >= 0.3 is 0 Å². The molecular formula is C26H27N7O2. The summed E-state index contributed by atoms with van der Waals surface area (Å²) in [5, 5.41) is 12.5. The molecule has 1 aliphatic heterocycles. The number of hydrazine groups is 1. The Bertz CT molecular complexity index is 1470. The molecule has 6 rings (SSSR count). The minimum atomic E-state index is -0.183. The van der Waals surface area contributed by atoms with Crippen molar-refractivity contribution in [1.29, 1.82) is 0 Å². The molecule has 0 bridgehead atoms. The van der Waals surface area contributed by atoms with Gasteiger partial charge in [0.05, 0.1) is 23.0 Å². The zero-order valence-corrected chi connectivity index (χ0v) is 18.9. The van der Waals surface area contributed by atoms with Crippen molar-refractivity contribution in [2.45, 2.75) is 18.5 Å². The smallest absolute Gasteiger partial charge is 0.272 e. The summed E-state index contributed by atoms with van der Waals surface area (Å²) in [5.74, 6) is 8.73. The molecule has 0 fully saturated rings. The lowest BCUT2D eigenvalue weighted by molar-refractivity contribution is 0.571. The van der Waals surface area contributed by atoms with E-state index in [1.807, 2.05) is 67.0 Å². The molecule has 0 aliphatic carbocycles. The predicted octanol–water partition coefficient (Wildman–Crippen LogP) is 2.46. The van der Waals surface area contributed by atoms with E-state index in [1.165, 1.54) is 5.56 Å². The van der Waals surface area contributed by atoms with Gasteiger partial charge in [-0.25, -0.2) is 10.1 Å². The molecule has 178 valence electrons. The summed E-state index contributed by atoms with van der Waals surface area (Å²) in [4.78, 5) is 17.3. The fourth-order valence-electron chi connectivity index (χ4n) is 4.72. The van der Waals surface area contributed by atoms with E-state index in [0.717, 1.165) is 28.2 Å². The molecule has 0 radical (unpaired) electrons. The van der Waals surface area contributed by atoms with E-state index in [2.05, 4.69) is 56.0 Å². The topological polar surface area (TPSA) is 159 Å². The molecule has 2 aromatic heterocycles. The van der Waals surface area contributed by atoms with Gasteiger partial charge in [-0.2, -0.15) is 5.10 Å². The number of aromatic amines is 1. The monoisotopic (exact) mass is 469 g/mol. The maximum atomic E-state index is 12.5. The van der Waals surface area contributed by atoms with Gasteiger partial charge < -0.3 is 15.4 Å². The summed E-state index contributed by atoms with van der Waals surface area (Å²) >= 11 is 0. The third-order valence-corrected chi connectivity index (χ3v) is 6.16. The van der Waals surface area contributed by atoms with E-state index >= 15 is 0 Å². The van der Waals surface area contributed by atoms with E-state index in [9.17, 15) is 4.79 Å². The number of nitrogens with one attached hydrogen (secondary N) is 2. The molecule has 35 heavy (non-hydrogen) atoms.